The smallest absolute Gasteiger partial charge is 0.305 e. The molecule has 0 atom stereocenters. The van der Waals surface area contributed by atoms with Crippen molar-refractivity contribution in [2.45, 2.75) is 32.1 Å². The minimum absolute atomic E-state index is 0.114. The molecule has 6 heteroatoms. The van der Waals surface area contributed by atoms with E-state index in [-0.39, 0.29) is 17.9 Å². The van der Waals surface area contributed by atoms with E-state index in [1.54, 1.807) is 24.3 Å². The quantitative estimate of drug-likeness (QED) is 0.870. The fourth-order valence-electron chi connectivity index (χ4n) is 2.59. The number of para-hydroxylation sites is 1. The minimum Gasteiger partial charge on any atom is -0.481 e. The first-order valence-corrected chi connectivity index (χ1v) is 9.05. The molecule has 0 heterocycles. The Morgan fingerprint density at radius 2 is 1.54 bits per heavy atom. The topological polar surface area (TPSA) is 74.7 Å². The first-order chi connectivity index (χ1) is 11.2. The van der Waals surface area contributed by atoms with Gasteiger partial charge >= 0.3 is 5.97 Å². The van der Waals surface area contributed by atoms with Crippen LogP contribution < -0.4 is 4.31 Å². The van der Waals surface area contributed by atoms with Gasteiger partial charge in [0, 0.05) is 6.54 Å². The van der Waals surface area contributed by atoms with Gasteiger partial charge in [-0.2, -0.15) is 0 Å². The standard InChI is InChI=1S/C18H21NO4S/c1-13-7-9-16(10-8-13)24(22,23)19(12-11-17(20)21)18-14(2)5-4-6-15(18)3/h4-10H,11-12H2,1-3H3,(H,20,21). The van der Waals surface area contributed by atoms with Crippen molar-refractivity contribution in [3.63, 3.8) is 0 Å². The number of anilines is 1. The third-order valence-electron chi connectivity index (χ3n) is 3.83. The van der Waals surface area contributed by atoms with Crippen molar-refractivity contribution in [1.82, 2.24) is 0 Å². The molecule has 128 valence electrons. The number of carboxylic acids is 1. The summed E-state index contributed by atoms with van der Waals surface area (Å²) in [6.45, 7) is 5.41. The van der Waals surface area contributed by atoms with E-state index in [4.69, 9.17) is 5.11 Å². The van der Waals surface area contributed by atoms with E-state index < -0.39 is 16.0 Å². The summed E-state index contributed by atoms with van der Waals surface area (Å²) in [5, 5.41) is 9.00. The van der Waals surface area contributed by atoms with Gasteiger partial charge in [0.15, 0.2) is 0 Å². The zero-order chi connectivity index (χ0) is 17.9. The molecule has 0 amide bonds. The summed E-state index contributed by atoms with van der Waals surface area (Å²) in [6, 6.07) is 12.0. The van der Waals surface area contributed by atoms with Crippen LogP contribution in [0, 0.1) is 20.8 Å². The average Bonchev–Trinajstić information content (AvgIpc) is 2.50. The van der Waals surface area contributed by atoms with Gasteiger partial charge in [-0.25, -0.2) is 8.42 Å². The van der Waals surface area contributed by atoms with Crippen molar-refractivity contribution in [3.8, 4) is 0 Å². The Hall–Kier alpha value is -2.34. The number of rotatable bonds is 6. The lowest BCUT2D eigenvalue weighted by Crippen LogP contribution is -2.34. The minimum atomic E-state index is -3.84. The van der Waals surface area contributed by atoms with Gasteiger partial charge in [0.05, 0.1) is 17.0 Å². The number of benzene rings is 2. The zero-order valence-electron chi connectivity index (χ0n) is 14.0. The summed E-state index contributed by atoms with van der Waals surface area (Å²) in [6.07, 6.45) is -0.265. The van der Waals surface area contributed by atoms with Crippen molar-refractivity contribution in [1.29, 1.82) is 0 Å². The molecule has 0 aromatic heterocycles. The van der Waals surface area contributed by atoms with Crippen LogP contribution >= 0.6 is 0 Å². The van der Waals surface area contributed by atoms with Crippen LogP contribution in [0.1, 0.15) is 23.1 Å². The first-order valence-electron chi connectivity index (χ1n) is 7.61. The molecule has 0 saturated heterocycles. The van der Waals surface area contributed by atoms with Gasteiger partial charge in [-0.1, -0.05) is 35.9 Å². The zero-order valence-corrected chi connectivity index (χ0v) is 14.8. The SMILES string of the molecule is Cc1ccc(S(=O)(=O)N(CCC(=O)O)c2c(C)cccc2C)cc1. The number of aryl methyl sites for hydroxylation is 3. The molecule has 0 radical (unpaired) electrons. The Morgan fingerprint density at radius 3 is 2.04 bits per heavy atom. The predicted molar refractivity (Wildman–Crippen MR) is 93.9 cm³/mol. The number of nitrogens with zero attached hydrogens (tertiary/aromatic N) is 1. The lowest BCUT2D eigenvalue weighted by Gasteiger charge is -2.27. The van der Waals surface area contributed by atoms with Crippen molar-refractivity contribution < 1.29 is 18.3 Å². The summed E-state index contributed by atoms with van der Waals surface area (Å²) in [7, 11) is -3.84. The number of sulfonamides is 1. The molecule has 0 bridgehead atoms. The van der Waals surface area contributed by atoms with Crippen LogP contribution in [0.25, 0.3) is 0 Å². The van der Waals surface area contributed by atoms with Crippen LogP contribution in [-0.4, -0.2) is 26.0 Å². The molecule has 5 nitrogen and oxygen atoms in total. The van der Waals surface area contributed by atoms with Gasteiger partial charge in [-0.05, 0) is 44.0 Å². The average molecular weight is 347 g/mol. The molecule has 2 aromatic carbocycles. The molecule has 0 fully saturated rings. The van der Waals surface area contributed by atoms with Crippen LogP contribution in [0.5, 0.6) is 0 Å². The summed E-state index contributed by atoms with van der Waals surface area (Å²) < 4.78 is 27.4. The number of carboxylic acid groups (broad SMARTS) is 1. The maximum Gasteiger partial charge on any atom is 0.305 e. The maximum absolute atomic E-state index is 13.1. The fourth-order valence-corrected chi connectivity index (χ4v) is 4.18. The number of carbonyl (C=O) groups is 1. The second kappa shape index (κ2) is 7.05. The van der Waals surface area contributed by atoms with E-state index in [0.717, 1.165) is 16.7 Å². The maximum atomic E-state index is 13.1. The molecule has 24 heavy (non-hydrogen) atoms. The van der Waals surface area contributed by atoms with Gasteiger partial charge in [-0.3, -0.25) is 9.10 Å². The summed E-state index contributed by atoms with van der Waals surface area (Å²) in [5.74, 6) is -1.04. The summed E-state index contributed by atoms with van der Waals surface area (Å²) in [4.78, 5) is 11.1. The molecule has 2 aromatic rings. The molecule has 2 rings (SSSR count). The molecule has 0 aliphatic heterocycles. The lowest BCUT2D eigenvalue weighted by molar-refractivity contribution is -0.136. The third kappa shape index (κ3) is 3.76. The highest BCUT2D eigenvalue weighted by atomic mass is 32.2. The predicted octanol–water partition coefficient (Wildman–Crippen LogP) is 3.28. The van der Waals surface area contributed by atoms with Crippen LogP contribution in [-0.2, 0) is 14.8 Å². The largest absolute Gasteiger partial charge is 0.481 e. The van der Waals surface area contributed by atoms with Crippen LogP contribution in [0.3, 0.4) is 0 Å². The second-order valence-electron chi connectivity index (χ2n) is 5.77. The molecule has 1 N–H and O–H groups in total. The number of aliphatic carboxylic acids is 1. The number of hydrogen-bond acceptors (Lipinski definition) is 3. The molecule has 0 saturated carbocycles. The van der Waals surface area contributed by atoms with Gasteiger partial charge in [0.2, 0.25) is 0 Å². The summed E-state index contributed by atoms with van der Waals surface area (Å²) >= 11 is 0. The molecule has 0 aliphatic rings. The van der Waals surface area contributed by atoms with E-state index in [2.05, 4.69) is 0 Å². The lowest BCUT2D eigenvalue weighted by atomic mass is 10.1. The Labute approximate surface area is 142 Å². The molecular weight excluding hydrogens is 326 g/mol. The van der Waals surface area contributed by atoms with Crippen LogP contribution in [0.15, 0.2) is 47.4 Å². The van der Waals surface area contributed by atoms with Gasteiger partial charge in [0.1, 0.15) is 0 Å². The highest BCUT2D eigenvalue weighted by molar-refractivity contribution is 7.92. The fraction of sp³-hybridized carbons (Fsp3) is 0.278. The Bertz CT molecular complexity index is 822. The van der Waals surface area contributed by atoms with Crippen molar-refractivity contribution in [2.24, 2.45) is 0 Å². The van der Waals surface area contributed by atoms with Crippen LogP contribution in [0.2, 0.25) is 0 Å². The van der Waals surface area contributed by atoms with Crippen molar-refractivity contribution in [2.75, 3.05) is 10.8 Å². The van der Waals surface area contributed by atoms with Gasteiger partial charge in [-0.15, -0.1) is 0 Å². The highest BCUT2D eigenvalue weighted by Crippen LogP contribution is 2.30. The molecular formula is C18H21NO4S. The first kappa shape index (κ1) is 18.0. The molecule has 0 spiro atoms. The van der Waals surface area contributed by atoms with Crippen LogP contribution in [0.4, 0.5) is 5.69 Å². The normalized spacial score (nSPS) is 11.3. The Morgan fingerprint density at radius 1 is 1.00 bits per heavy atom. The highest BCUT2D eigenvalue weighted by Gasteiger charge is 2.27. The Kier molecular flexibility index (Phi) is 5.29. The molecule has 0 aliphatic carbocycles. The van der Waals surface area contributed by atoms with Crippen molar-refractivity contribution >= 4 is 21.7 Å². The third-order valence-corrected chi connectivity index (χ3v) is 5.64. The second-order valence-corrected chi connectivity index (χ2v) is 7.64. The van der Waals surface area contributed by atoms with E-state index in [1.807, 2.05) is 39.0 Å². The number of hydrogen-bond donors (Lipinski definition) is 1. The van der Waals surface area contributed by atoms with E-state index in [0.29, 0.717) is 5.69 Å². The summed E-state index contributed by atoms with van der Waals surface area (Å²) in [5.41, 5.74) is 3.07. The monoisotopic (exact) mass is 347 g/mol. The van der Waals surface area contributed by atoms with Crippen molar-refractivity contribution in [3.05, 3.63) is 59.2 Å². The molecule has 0 unspecified atom stereocenters. The van der Waals surface area contributed by atoms with E-state index in [1.165, 1.54) is 4.31 Å². The van der Waals surface area contributed by atoms with E-state index in [9.17, 15) is 13.2 Å². The van der Waals surface area contributed by atoms with E-state index >= 15 is 0 Å². The van der Waals surface area contributed by atoms with Gasteiger partial charge < -0.3 is 5.11 Å². The Balaban J connectivity index is 2.57. The van der Waals surface area contributed by atoms with Gasteiger partial charge in [0.25, 0.3) is 10.0 Å².